The molecule has 0 bridgehead atoms. The highest BCUT2D eigenvalue weighted by Crippen LogP contribution is 2.27. The van der Waals surface area contributed by atoms with Gasteiger partial charge in [-0.1, -0.05) is 0 Å². The molecule has 4 heterocycles. The Morgan fingerprint density at radius 3 is 2.74 bits per heavy atom. The third-order valence-electron chi connectivity index (χ3n) is 5.44. The lowest BCUT2D eigenvalue weighted by Gasteiger charge is -2.20. The number of nitrogens with zero attached hydrogens (tertiary/aromatic N) is 5. The molecule has 5 rings (SSSR count). The molecule has 180 valence electrons. The summed E-state index contributed by atoms with van der Waals surface area (Å²) in [6.07, 6.45) is 5.12. The number of hydrogen-bond acceptors (Lipinski definition) is 7. The van der Waals surface area contributed by atoms with Gasteiger partial charge >= 0.3 is 6.09 Å². The van der Waals surface area contributed by atoms with Crippen LogP contribution in [0, 0.1) is 0 Å². The first-order valence-electron chi connectivity index (χ1n) is 11.3. The zero-order valence-electron chi connectivity index (χ0n) is 19.9. The third kappa shape index (κ3) is 5.27. The van der Waals surface area contributed by atoms with Gasteiger partial charge in [-0.2, -0.15) is 0 Å². The Bertz CT molecular complexity index is 1460. The molecule has 4 aromatic heterocycles. The van der Waals surface area contributed by atoms with Crippen LogP contribution < -0.4 is 10.6 Å². The summed E-state index contributed by atoms with van der Waals surface area (Å²) < 4.78 is 9.53. The highest BCUT2D eigenvalue weighted by Gasteiger charge is 2.15. The summed E-state index contributed by atoms with van der Waals surface area (Å²) >= 11 is 1.61. The van der Waals surface area contributed by atoms with Crippen LogP contribution in [0.5, 0.6) is 0 Å². The molecule has 1 aromatic carbocycles. The molecule has 0 unspecified atom stereocenters. The van der Waals surface area contributed by atoms with E-state index in [9.17, 15) is 4.79 Å². The number of thiazole rings is 1. The van der Waals surface area contributed by atoms with Gasteiger partial charge < -0.3 is 24.5 Å². The predicted molar refractivity (Wildman–Crippen MR) is 138 cm³/mol. The lowest BCUT2D eigenvalue weighted by Crippen LogP contribution is -2.41. The lowest BCUT2D eigenvalue weighted by molar-refractivity contribution is 0.134. The SMILES string of the molecule is CC(C)(C)NC(=O)OCCn1ccc2ncnc(Nc3ccc4c(ccn4Cc4cscn4)c3)c21. The Balaban J connectivity index is 1.32. The van der Waals surface area contributed by atoms with Crippen molar-refractivity contribution in [3.8, 4) is 0 Å². The van der Waals surface area contributed by atoms with Crippen LogP contribution in [0.25, 0.3) is 21.9 Å². The van der Waals surface area contributed by atoms with Gasteiger partial charge in [0.2, 0.25) is 0 Å². The highest BCUT2D eigenvalue weighted by molar-refractivity contribution is 7.07. The number of carbonyl (C=O) groups excluding carboxylic acids is 1. The molecular formula is C25H27N7O2S. The number of aromatic nitrogens is 5. The molecule has 0 aliphatic heterocycles. The second-order valence-corrected chi connectivity index (χ2v) is 10.0. The summed E-state index contributed by atoms with van der Waals surface area (Å²) in [7, 11) is 0. The number of fused-ring (bicyclic) bond motifs is 2. The minimum atomic E-state index is -0.432. The fourth-order valence-electron chi connectivity index (χ4n) is 3.93. The summed E-state index contributed by atoms with van der Waals surface area (Å²) in [5, 5.41) is 9.43. The van der Waals surface area contributed by atoms with E-state index in [1.165, 1.54) is 0 Å². The van der Waals surface area contributed by atoms with Crippen molar-refractivity contribution in [1.29, 1.82) is 0 Å². The fraction of sp³-hybridized carbons (Fsp3) is 0.280. The third-order valence-corrected chi connectivity index (χ3v) is 6.08. The van der Waals surface area contributed by atoms with E-state index in [1.54, 1.807) is 17.7 Å². The van der Waals surface area contributed by atoms with Gasteiger partial charge in [0.25, 0.3) is 0 Å². The normalized spacial score (nSPS) is 11.7. The molecule has 9 nitrogen and oxygen atoms in total. The Labute approximate surface area is 206 Å². The number of rotatable bonds is 7. The Morgan fingerprint density at radius 1 is 1.09 bits per heavy atom. The Hall–Kier alpha value is -3.92. The van der Waals surface area contributed by atoms with Crippen LogP contribution in [-0.2, 0) is 17.8 Å². The average Bonchev–Trinajstić information content (AvgIpc) is 3.54. The van der Waals surface area contributed by atoms with Gasteiger partial charge in [0, 0.05) is 39.9 Å². The van der Waals surface area contributed by atoms with Crippen molar-refractivity contribution in [2.75, 3.05) is 11.9 Å². The minimum Gasteiger partial charge on any atom is -0.448 e. The van der Waals surface area contributed by atoms with Crippen LogP contribution in [0.3, 0.4) is 0 Å². The molecule has 0 radical (unpaired) electrons. The molecule has 0 atom stereocenters. The zero-order chi connectivity index (χ0) is 24.4. The smallest absolute Gasteiger partial charge is 0.407 e. The van der Waals surface area contributed by atoms with Crippen molar-refractivity contribution in [3.05, 3.63) is 65.6 Å². The van der Waals surface area contributed by atoms with Crippen molar-refractivity contribution in [2.24, 2.45) is 0 Å². The van der Waals surface area contributed by atoms with Gasteiger partial charge in [-0.05, 0) is 51.1 Å². The van der Waals surface area contributed by atoms with Crippen LogP contribution in [0.15, 0.2) is 59.9 Å². The summed E-state index contributed by atoms with van der Waals surface area (Å²) in [6.45, 7) is 7.21. The Morgan fingerprint density at radius 2 is 1.94 bits per heavy atom. The van der Waals surface area contributed by atoms with Crippen molar-refractivity contribution < 1.29 is 9.53 Å². The number of amides is 1. The number of carbonyl (C=O) groups is 1. The van der Waals surface area contributed by atoms with E-state index in [0.717, 1.165) is 39.9 Å². The predicted octanol–water partition coefficient (Wildman–Crippen LogP) is 5.16. The van der Waals surface area contributed by atoms with Crippen LogP contribution in [0.1, 0.15) is 26.5 Å². The van der Waals surface area contributed by atoms with Crippen molar-refractivity contribution >= 4 is 50.9 Å². The number of ether oxygens (including phenoxy) is 1. The molecule has 10 heteroatoms. The van der Waals surface area contributed by atoms with E-state index in [0.29, 0.717) is 12.4 Å². The van der Waals surface area contributed by atoms with Crippen molar-refractivity contribution in [1.82, 2.24) is 29.4 Å². The van der Waals surface area contributed by atoms with Gasteiger partial charge in [0.05, 0.1) is 29.8 Å². The average molecular weight is 490 g/mol. The van der Waals surface area contributed by atoms with Gasteiger partial charge in [-0.15, -0.1) is 11.3 Å². The number of hydrogen-bond donors (Lipinski definition) is 2. The van der Waals surface area contributed by atoms with E-state index in [2.05, 4.69) is 59.9 Å². The largest absolute Gasteiger partial charge is 0.448 e. The molecule has 0 saturated carbocycles. The van der Waals surface area contributed by atoms with Gasteiger partial charge in [-0.25, -0.2) is 19.7 Å². The molecule has 0 spiro atoms. The highest BCUT2D eigenvalue weighted by atomic mass is 32.1. The molecule has 5 aromatic rings. The standard InChI is InChI=1S/C25H27N7O2S/c1-25(2,3)30-24(33)34-11-10-31-9-7-20-22(31)23(27-15-26-20)29-18-4-5-21-17(12-18)6-8-32(21)13-19-14-35-16-28-19/h4-9,12,14-16H,10-11,13H2,1-3H3,(H,30,33)(H,26,27,29). The fourth-order valence-corrected chi connectivity index (χ4v) is 4.48. The molecule has 0 fully saturated rings. The number of anilines is 2. The monoisotopic (exact) mass is 489 g/mol. The topological polar surface area (TPSA) is 98.9 Å². The summed E-state index contributed by atoms with van der Waals surface area (Å²) in [4.78, 5) is 25.2. The maximum absolute atomic E-state index is 12.0. The first kappa shape index (κ1) is 22.9. The number of benzene rings is 1. The van der Waals surface area contributed by atoms with E-state index in [1.807, 2.05) is 49.2 Å². The van der Waals surface area contributed by atoms with Gasteiger partial charge in [-0.3, -0.25) is 0 Å². The van der Waals surface area contributed by atoms with E-state index < -0.39 is 6.09 Å². The molecule has 0 aliphatic rings. The molecule has 35 heavy (non-hydrogen) atoms. The summed E-state index contributed by atoms with van der Waals surface area (Å²) in [5.74, 6) is 0.695. The molecule has 0 aliphatic carbocycles. The Kier molecular flexibility index (Phi) is 6.12. The summed E-state index contributed by atoms with van der Waals surface area (Å²) in [6, 6.07) is 10.3. The first-order chi connectivity index (χ1) is 16.9. The van der Waals surface area contributed by atoms with Crippen LogP contribution >= 0.6 is 11.3 Å². The minimum absolute atomic E-state index is 0.235. The van der Waals surface area contributed by atoms with E-state index in [4.69, 9.17) is 4.74 Å². The lowest BCUT2D eigenvalue weighted by atomic mass is 10.1. The molecule has 0 saturated heterocycles. The van der Waals surface area contributed by atoms with Crippen LogP contribution in [0.2, 0.25) is 0 Å². The molecule has 2 N–H and O–H groups in total. The molecule has 1 amide bonds. The first-order valence-corrected chi connectivity index (χ1v) is 12.3. The quantitative estimate of drug-likeness (QED) is 0.328. The van der Waals surface area contributed by atoms with Gasteiger partial charge in [0.15, 0.2) is 5.82 Å². The zero-order valence-corrected chi connectivity index (χ0v) is 20.7. The second-order valence-electron chi connectivity index (χ2n) is 9.30. The number of nitrogens with one attached hydrogen (secondary N) is 2. The molecular weight excluding hydrogens is 462 g/mol. The van der Waals surface area contributed by atoms with Crippen LogP contribution in [-0.4, -0.2) is 42.3 Å². The van der Waals surface area contributed by atoms with E-state index in [-0.39, 0.29) is 12.1 Å². The summed E-state index contributed by atoms with van der Waals surface area (Å²) in [5.41, 5.74) is 6.31. The maximum Gasteiger partial charge on any atom is 0.407 e. The van der Waals surface area contributed by atoms with Gasteiger partial charge in [0.1, 0.15) is 18.5 Å². The maximum atomic E-state index is 12.0. The van der Waals surface area contributed by atoms with Crippen molar-refractivity contribution in [2.45, 2.75) is 39.4 Å². The van der Waals surface area contributed by atoms with Crippen LogP contribution in [0.4, 0.5) is 16.3 Å². The van der Waals surface area contributed by atoms with E-state index >= 15 is 0 Å². The second kappa shape index (κ2) is 9.38. The number of alkyl carbamates (subject to hydrolysis) is 1. The van der Waals surface area contributed by atoms with Crippen molar-refractivity contribution in [3.63, 3.8) is 0 Å².